The monoisotopic (exact) mass is 272 g/mol. The number of urea groups is 1. The summed E-state index contributed by atoms with van der Waals surface area (Å²) in [6.45, 7) is 3.49. The lowest BCUT2D eigenvalue weighted by Crippen LogP contribution is -2.48. The zero-order chi connectivity index (χ0) is 14.4. The molecule has 1 atom stereocenters. The first-order valence-electron chi connectivity index (χ1n) is 6.75. The van der Waals surface area contributed by atoms with Crippen LogP contribution in [0.5, 0.6) is 0 Å². The van der Waals surface area contributed by atoms with Crippen LogP contribution in [0.4, 0.5) is 4.79 Å². The number of aliphatic carboxylic acids is 1. The highest BCUT2D eigenvalue weighted by atomic mass is 16.5. The van der Waals surface area contributed by atoms with Gasteiger partial charge in [-0.3, -0.25) is 0 Å². The molecule has 110 valence electrons. The van der Waals surface area contributed by atoms with Crippen LogP contribution in [-0.4, -0.2) is 66.8 Å². The van der Waals surface area contributed by atoms with E-state index in [0.717, 1.165) is 6.61 Å². The number of carboxylic acids is 1. The van der Waals surface area contributed by atoms with E-state index in [-0.39, 0.29) is 6.03 Å². The Labute approximate surface area is 114 Å². The minimum atomic E-state index is -0.975. The topological polar surface area (TPSA) is 70.1 Å². The molecule has 0 heterocycles. The number of nitrogens with zero attached hydrogens (tertiary/aromatic N) is 2. The lowest BCUT2D eigenvalue weighted by atomic mass is 10.2. The van der Waals surface area contributed by atoms with Gasteiger partial charge in [-0.2, -0.15) is 0 Å². The largest absolute Gasteiger partial charge is 0.480 e. The van der Waals surface area contributed by atoms with Crippen LogP contribution in [0.3, 0.4) is 0 Å². The van der Waals surface area contributed by atoms with Gasteiger partial charge in [0.1, 0.15) is 6.04 Å². The van der Waals surface area contributed by atoms with E-state index in [1.54, 1.807) is 14.0 Å². The molecule has 1 fully saturated rings. The summed E-state index contributed by atoms with van der Waals surface area (Å²) in [4.78, 5) is 25.8. The molecule has 6 heteroatoms. The Bertz CT molecular complexity index is 318. The van der Waals surface area contributed by atoms with Crippen LogP contribution >= 0.6 is 0 Å². The summed E-state index contributed by atoms with van der Waals surface area (Å²) in [6, 6.07) is -1.06. The quantitative estimate of drug-likeness (QED) is 0.675. The zero-order valence-electron chi connectivity index (χ0n) is 12.0. The highest BCUT2D eigenvalue weighted by Crippen LogP contribution is 2.28. The van der Waals surface area contributed by atoms with Gasteiger partial charge in [0.2, 0.25) is 0 Å². The number of hydrogen-bond donors (Lipinski definition) is 1. The molecule has 0 radical (unpaired) electrons. The van der Waals surface area contributed by atoms with Crippen LogP contribution in [0.2, 0.25) is 0 Å². The minimum absolute atomic E-state index is 0.288. The van der Waals surface area contributed by atoms with Crippen molar-refractivity contribution in [3.05, 3.63) is 0 Å². The Kier molecular flexibility index (Phi) is 6.08. The molecule has 1 aliphatic carbocycles. The van der Waals surface area contributed by atoms with Crippen molar-refractivity contribution in [3.63, 3.8) is 0 Å². The molecule has 0 aromatic heterocycles. The predicted octanol–water partition coefficient (Wildman–Crippen LogP) is 1.26. The second-order valence-electron chi connectivity index (χ2n) is 5.10. The lowest BCUT2D eigenvalue weighted by molar-refractivity contribution is -0.142. The third-order valence-corrected chi connectivity index (χ3v) is 3.39. The third-order valence-electron chi connectivity index (χ3n) is 3.39. The molecule has 1 unspecified atom stereocenters. The Morgan fingerprint density at radius 1 is 1.37 bits per heavy atom. The number of ether oxygens (including phenoxy) is 1. The molecule has 6 nitrogen and oxygen atoms in total. The first-order chi connectivity index (χ1) is 8.97. The maximum Gasteiger partial charge on any atom is 0.326 e. The van der Waals surface area contributed by atoms with Crippen molar-refractivity contribution >= 4 is 12.0 Å². The molecule has 1 N–H and O–H groups in total. The van der Waals surface area contributed by atoms with Gasteiger partial charge in [0.15, 0.2) is 0 Å². The Balaban J connectivity index is 2.30. The van der Waals surface area contributed by atoms with E-state index in [0.29, 0.717) is 25.5 Å². The molecule has 0 saturated heterocycles. The van der Waals surface area contributed by atoms with Crippen molar-refractivity contribution in [2.45, 2.75) is 32.2 Å². The molecule has 0 aromatic carbocycles. The molecule has 0 aromatic rings. The molecule has 0 aliphatic heterocycles. The summed E-state index contributed by atoms with van der Waals surface area (Å²) >= 11 is 0. The van der Waals surface area contributed by atoms with Gasteiger partial charge >= 0.3 is 12.0 Å². The van der Waals surface area contributed by atoms with E-state index in [1.807, 2.05) is 0 Å². The number of amides is 2. The molecule has 2 amide bonds. The summed E-state index contributed by atoms with van der Waals surface area (Å²) in [7, 11) is 3.18. The molecule has 0 bridgehead atoms. The summed E-state index contributed by atoms with van der Waals surface area (Å²) in [5.41, 5.74) is 0. The van der Waals surface area contributed by atoms with E-state index >= 15 is 0 Å². The van der Waals surface area contributed by atoms with E-state index in [4.69, 9.17) is 9.84 Å². The Hall–Kier alpha value is -1.30. The smallest absolute Gasteiger partial charge is 0.326 e. The summed E-state index contributed by atoms with van der Waals surface area (Å²) in [5, 5.41) is 9.02. The van der Waals surface area contributed by atoms with Gasteiger partial charge < -0.3 is 19.6 Å². The van der Waals surface area contributed by atoms with Crippen LogP contribution in [0.25, 0.3) is 0 Å². The maximum absolute atomic E-state index is 12.0. The highest BCUT2D eigenvalue weighted by molar-refractivity contribution is 5.82. The Morgan fingerprint density at radius 3 is 2.47 bits per heavy atom. The van der Waals surface area contributed by atoms with Gasteiger partial charge in [-0.15, -0.1) is 0 Å². The average Bonchev–Trinajstić information content (AvgIpc) is 3.17. The van der Waals surface area contributed by atoms with Crippen molar-refractivity contribution in [2.24, 2.45) is 5.92 Å². The highest BCUT2D eigenvalue weighted by Gasteiger charge is 2.26. The zero-order valence-corrected chi connectivity index (χ0v) is 12.0. The van der Waals surface area contributed by atoms with Crippen LogP contribution in [0.15, 0.2) is 0 Å². The van der Waals surface area contributed by atoms with Gasteiger partial charge in [-0.1, -0.05) is 6.92 Å². The first-order valence-corrected chi connectivity index (χ1v) is 6.75. The second kappa shape index (κ2) is 7.33. The predicted molar refractivity (Wildman–Crippen MR) is 71.0 cm³/mol. The molecular weight excluding hydrogens is 248 g/mol. The Morgan fingerprint density at radius 2 is 2.00 bits per heavy atom. The van der Waals surface area contributed by atoms with E-state index in [2.05, 4.69) is 0 Å². The van der Waals surface area contributed by atoms with E-state index in [1.165, 1.54) is 29.7 Å². The van der Waals surface area contributed by atoms with Crippen molar-refractivity contribution in [1.82, 2.24) is 9.80 Å². The lowest BCUT2D eigenvalue weighted by Gasteiger charge is -2.28. The standard InChI is InChI=1S/C13H24N2O4/c1-4-11(12(16)17)15(3)13(18)14(2)7-8-19-9-10-5-6-10/h10-11H,4-9H2,1-3H3,(H,16,17). The molecule has 1 saturated carbocycles. The molecule has 0 spiro atoms. The van der Waals surface area contributed by atoms with Crippen LogP contribution in [0.1, 0.15) is 26.2 Å². The number of carboxylic acid groups (broad SMARTS) is 1. The maximum atomic E-state index is 12.0. The third kappa shape index (κ3) is 5.06. The van der Waals surface area contributed by atoms with E-state index < -0.39 is 12.0 Å². The average molecular weight is 272 g/mol. The summed E-state index contributed by atoms with van der Waals surface area (Å²) in [6.07, 6.45) is 2.88. The fourth-order valence-corrected chi connectivity index (χ4v) is 1.85. The first kappa shape index (κ1) is 15.8. The second-order valence-corrected chi connectivity index (χ2v) is 5.10. The fourth-order valence-electron chi connectivity index (χ4n) is 1.85. The molecular formula is C13H24N2O4. The summed E-state index contributed by atoms with van der Waals surface area (Å²) < 4.78 is 5.46. The van der Waals surface area contributed by atoms with Crippen LogP contribution in [-0.2, 0) is 9.53 Å². The van der Waals surface area contributed by atoms with Crippen molar-refractivity contribution in [2.75, 3.05) is 33.9 Å². The molecule has 1 rings (SSSR count). The number of carbonyl (C=O) groups excluding carboxylic acids is 1. The van der Waals surface area contributed by atoms with Crippen LogP contribution < -0.4 is 0 Å². The fraction of sp³-hybridized carbons (Fsp3) is 0.846. The molecule has 1 aliphatic rings. The van der Waals surface area contributed by atoms with Crippen LogP contribution in [0, 0.1) is 5.92 Å². The van der Waals surface area contributed by atoms with Gasteiger partial charge in [-0.05, 0) is 25.2 Å². The minimum Gasteiger partial charge on any atom is -0.480 e. The van der Waals surface area contributed by atoms with E-state index in [9.17, 15) is 9.59 Å². The van der Waals surface area contributed by atoms with Gasteiger partial charge in [0.25, 0.3) is 0 Å². The van der Waals surface area contributed by atoms with Crippen molar-refractivity contribution in [3.8, 4) is 0 Å². The number of carbonyl (C=O) groups is 2. The normalized spacial score (nSPS) is 15.9. The number of likely N-dealkylation sites (N-methyl/N-ethyl adjacent to an activating group) is 2. The van der Waals surface area contributed by atoms with Crippen molar-refractivity contribution < 1.29 is 19.4 Å². The SMILES string of the molecule is CCC(C(=O)O)N(C)C(=O)N(C)CCOCC1CC1. The number of rotatable bonds is 8. The van der Waals surface area contributed by atoms with Gasteiger partial charge in [-0.25, -0.2) is 9.59 Å². The summed E-state index contributed by atoms with van der Waals surface area (Å²) in [5.74, 6) is -0.267. The molecule has 19 heavy (non-hydrogen) atoms. The van der Waals surface area contributed by atoms with Crippen molar-refractivity contribution in [1.29, 1.82) is 0 Å². The van der Waals surface area contributed by atoms with Gasteiger partial charge in [0, 0.05) is 27.2 Å². The number of hydrogen-bond acceptors (Lipinski definition) is 3. The van der Waals surface area contributed by atoms with Gasteiger partial charge in [0.05, 0.1) is 6.61 Å².